The van der Waals surface area contributed by atoms with Crippen LogP contribution in [0, 0.1) is 34.0 Å². The minimum absolute atomic E-state index is 0.133. The van der Waals surface area contributed by atoms with Gasteiger partial charge in [-0.3, -0.25) is 9.59 Å². The second-order valence-corrected chi connectivity index (χ2v) is 7.71. The van der Waals surface area contributed by atoms with E-state index in [2.05, 4.69) is 0 Å². The fraction of sp³-hybridized carbons (Fsp3) is 0.185. The normalized spacial score (nSPS) is 18.8. The largest absolute Gasteiger partial charge is 0.465 e. The maximum absolute atomic E-state index is 13.5. The van der Waals surface area contributed by atoms with Crippen molar-refractivity contribution in [2.24, 2.45) is 11.3 Å². The lowest BCUT2D eigenvalue weighted by atomic mass is 9.82. The molecule has 32 heavy (non-hydrogen) atoms. The number of esters is 1. The third kappa shape index (κ3) is 3.45. The first-order chi connectivity index (χ1) is 15.6. The van der Waals surface area contributed by atoms with E-state index in [-0.39, 0.29) is 30.0 Å². The average molecular weight is 420 g/mol. The number of ketones is 1. The first kappa shape index (κ1) is 21.0. The fourth-order valence-electron chi connectivity index (χ4n) is 4.35. The van der Waals surface area contributed by atoms with Crippen molar-refractivity contribution in [1.82, 2.24) is 0 Å². The highest BCUT2D eigenvalue weighted by Gasteiger charge is 2.67. The number of allylic oxidation sites excluding steroid dienone is 1. The van der Waals surface area contributed by atoms with Gasteiger partial charge in [-0.05, 0) is 35.7 Å². The fourth-order valence-corrected chi connectivity index (χ4v) is 4.35. The number of Topliss-reactive ketones (excluding diaryl/α,β-unsaturated/α-hetero) is 1. The summed E-state index contributed by atoms with van der Waals surface area (Å²) < 4.78 is 5.35. The summed E-state index contributed by atoms with van der Waals surface area (Å²) in [6.07, 6.45) is 0.189. The molecule has 1 fully saturated rings. The molecular formula is C27H20N2O3. The monoisotopic (exact) mass is 420 g/mol. The lowest BCUT2D eigenvalue weighted by molar-refractivity contribution is -0.147. The number of ether oxygens (including phenoxy) is 1. The van der Waals surface area contributed by atoms with Gasteiger partial charge < -0.3 is 4.74 Å². The van der Waals surface area contributed by atoms with Crippen LogP contribution < -0.4 is 0 Å². The van der Waals surface area contributed by atoms with Crippen LogP contribution in [0.2, 0.25) is 0 Å². The summed E-state index contributed by atoms with van der Waals surface area (Å²) >= 11 is 0. The Morgan fingerprint density at radius 3 is 2.25 bits per heavy atom. The van der Waals surface area contributed by atoms with Gasteiger partial charge in [-0.15, -0.1) is 0 Å². The van der Waals surface area contributed by atoms with E-state index >= 15 is 0 Å². The molecule has 0 heterocycles. The standard InChI is InChI=1S/C27H20N2O3/c1-2-32-26(31)27(24(22(16-28)17-29)19-9-4-3-5-10-19)15-23(27)25(30)21-13-12-18-8-6-7-11-20(18)14-21/h3-14,23H,2,15H2,1H3/t23-,27+/m0/s1. The van der Waals surface area contributed by atoms with E-state index in [1.165, 1.54) is 0 Å². The minimum Gasteiger partial charge on any atom is -0.465 e. The topological polar surface area (TPSA) is 90.9 Å². The van der Waals surface area contributed by atoms with Crippen molar-refractivity contribution in [2.75, 3.05) is 6.61 Å². The number of hydrogen-bond donors (Lipinski definition) is 0. The molecule has 0 amide bonds. The minimum atomic E-state index is -1.36. The van der Waals surface area contributed by atoms with Gasteiger partial charge in [0.25, 0.3) is 0 Å². The lowest BCUT2D eigenvalue weighted by Gasteiger charge is -2.20. The molecule has 0 aromatic heterocycles. The number of carbonyl (C=O) groups excluding carboxylic acids is 2. The first-order valence-electron chi connectivity index (χ1n) is 10.4. The van der Waals surface area contributed by atoms with Crippen molar-refractivity contribution >= 4 is 28.1 Å². The second-order valence-electron chi connectivity index (χ2n) is 7.71. The van der Waals surface area contributed by atoms with Gasteiger partial charge in [0.1, 0.15) is 23.1 Å². The quantitative estimate of drug-likeness (QED) is 0.315. The molecular weight excluding hydrogens is 400 g/mol. The Labute approximate surface area is 186 Å². The average Bonchev–Trinajstić information content (AvgIpc) is 3.58. The van der Waals surface area contributed by atoms with Crippen LogP contribution in [0.25, 0.3) is 16.3 Å². The summed E-state index contributed by atoms with van der Waals surface area (Å²) in [5, 5.41) is 21.2. The van der Waals surface area contributed by atoms with Crippen molar-refractivity contribution in [3.05, 3.63) is 89.5 Å². The van der Waals surface area contributed by atoms with Gasteiger partial charge >= 0.3 is 5.97 Å². The molecule has 0 aliphatic heterocycles. The molecule has 0 saturated heterocycles. The molecule has 4 rings (SSSR count). The molecule has 0 radical (unpaired) electrons. The van der Waals surface area contributed by atoms with Crippen molar-refractivity contribution in [3.63, 3.8) is 0 Å². The molecule has 5 nitrogen and oxygen atoms in total. The summed E-state index contributed by atoms with van der Waals surface area (Å²) in [6, 6.07) is 25.8. The Morgan fingerprint density at radius 2 is 1.59 bits per heavy atom. The van der Waals surface area contributed by atoms with Crippen molar-refractivity contribution in [2.45, 2.75) is 13.3 Å². The number of carbonyl (C=O) groups is 2. The van der Waals surface area contributed by atoms with E-state index in [0.29, 0.717) is 11.1 Å². The zero-order valence-corrected chi connectivity index (χ0v) is 17.5. The van der Waals surface area contributed by atoms with Crippen molar-refractivity contribution < 1.29 is 14.3 Å². The number of nitrogens with zero attached hydrogens (tertiary/aromatic N) is 2. The van der Waals surface area contributed by atoms with Gasteiger partial charge in [0.15, 0.2) is 5.78 Å². The predicted molar refractivity (Wildman–Crippen MR) is 120 cm³/mol. The van der Waals surface area contributed by atoms with E-state index in [4.69, 9.17) is 4.74 Å². The lowest BCUT2D eigenvalue weighted by Crippen LogP contribution is -2.26. The molecule has 5 heteroatoms. The third-order valence-corrected chi connectivity index (χ3v) is 5.93. The van der Waals surface area contributed by atoms with Crippen LogP contribution in [0.4, 0.5) is 0 Å². The van der Waals surface area contributed by atoms with Crippen LogP contribution in [0.5, 0.6) is 0 Å². The van der Waals surface area contributed by atoms with Crippen LogP contribution in [-0.2, 0) is 9.53 Å². The summed E-state index contributed by atoms with van der Waals surface area (Å²) in [7, 11) is 0. The summed E-state index contributed by atoms with van der Waals surface area (Å²) in [5.74, 6) is -1.50. The van der Waals surface area contributed by atoms with Gasteiger partial charge in [0, 0.05) is 17.1 Å². The number of benzene rings is 3. The van der Waals surface area contributed by atoms with Crippen LogP contribution >= 0.6 is 0 Å². The van der Waals surface area contributed by atoms with Gasteiger partial charge in [0.2, 0.25) is 0 Å². The Bertz CT molecular complexity index is 1310. The Morgan fingerprint density at radius 1 is 0.938 bits per heavy atom. The number of hydrogen-bond acceptors (Lipinski definition) is 5. The van der Waals surface area contributed by atoms with E-state index in [9.17, 15) is 20.1 Å². The zero-order chi connectivity index (χ0) is 22.7. The number of rotatable bonds is 6. The smallest absolute Gasteiger partial charge is 0.317 e. The molecule has 1 aliphatic carbocycles. The maximum atomic E-state index is 13.5. The maximum Gasteiger partial charge on any atom is 0.317 e. The Kier molecular flexibility index (Phi) is 5.58. The van der Waals surface area contributed by atoms with E-state index in [1.807, 2.05) is 48.5 Å². The molecule has 0 N–H and O–H groups in total. The van der Waals surface area contributed by atoms with Crippen LogP contribution in [0.1, 0.15) is 29.3 Å². The molecule has 3 aromatic rings. The zero-order valence-electron chi connectivity index (χ0n) is 17.5. The second kappa shape index (κ2) is 8.49. The SMILES string of the molecule is CCOC(=O)[C@]1(C(=C(C#N)C#N)c2ccccc2)C[C@H]1C(=O)c1ccc2ccccc2c1. The Balaban J connectivity index is 1.84. The van der Waals surface area contributed by atoms with E-state index in [0.717, 1.165) is 10.8 Å². The van der Waals surface area contributed by atoms with Crippen LogP contribution in [-0.4, -0.2) is 18.4 Å². The van der Waals surface area contributed by atoms with Crippen molar-refractivity contribution in [1.29, 1.82) is 10.5 Å². The van der Waals surface area contributed by atoms with E-state index < -0.39 is 17.3 Å². The van der Waals surface area contributed by atoms with Gasteiger partial charge in [-0.2, -0.15) is 10.5 Å². The molecule has 1 saturated carbocycles. The van der Waals surface area contributed by atoms with Crippen molar-refractivity contribution in [3.8, 4) is 12.1 Å². The highest BCUT2D eigenvalue weighted by Crippen LogP contribution is 2.63. The van der Waals surface area contributed by atoms with E-state index in [1.54, 1.807) is 43.3 Å². The highest BCUT2D eigenvalue weighted by molar-refractivity contribution is 6.12. The molecule has 156 valence electrons. The highest BCUT2D eigenvalue weighted by atomic mass is 16.5. The summed E-state index contributed by atoms with van der Waals surface area (Å²) in [6.45, 7) is 1.82. The van der Waals surface area contributed by atoms with Crippen LogP contribution in [0.3, 0.4) is 0 Å². The van der Waals surface area contributed by atoms with Crippen LogP contribution in [0.15, 0.2) is 78.4 Å². The van der Waals surface area contributed by atoms with Gasteiger partial charge in [0.05, 0.1) is 6.61 Å². The molecule has 0 spiro atoms. The predicted octanol–water partition coefficient (Wildman–Crippen LogP) is 5.09. The molecule has 2 atom stereocenters. The molecule has 1 aliphatic rings. The molecule has 0 unspecified atom stereocenters. The summed E-state index contributed by atoms with van der Waals surface area (Å²) in [5.41, 5.74) is -0.227. The first-order valence-corrected chi connectivity index (χ1v) is 10.4. The molecule has 0 bridgehead atoms. The Hall–Kier alpha value is -4.22. The number of nitriles is 2. The molecule has 3 aromatic carbocycles. The summed E-state index contributed by atoms with van der Waals surface area (Å²) in [4.78, 5) is 26.7. The third-order valence-electron chi connectivity index (χ3n) is 5.93. The van der Waals surface area contributed by atoms with Gasteiger partial charge in [-0.25, -0.2) is 0 Å². The van der Waals surface area contributed by atoms with Gasteiger partial charge in [-0.1, -0.05) is 66.7 Å². The number of fused-ring (bicyclic) bond motifs is 1.